The molecular weight excluding hydrogens is 112 g/mol. The predicted octanol–water partition coefficient (Wildman–Crippen LogP) is -0.466. The Hall–Kier alpha value is -1.05. The van der Waals surface area contributed by atoms with E-state index in [1.54, 1.807) is 0 Å². The second-order valence-corrected chi connectivity index (χ2v) is 1.69. The molecule has 0 radical (unpaired) electrons. The molecule has 0 heterocycles. The Kier molecular flexibility index (Phi) is 4.50. The number of hydrogen-bond donors (Lipinski definition) is 2. The molecule has 50 valence electrons. The molecule has 2 heteroatoms. The summed E-state index contributed by atoms with van der Waals surface area (Å²) in [6, 6.07) is 0. The van der Waals surface area contributed by atoms with Gasteiger partial charge in [0.05, 0.1) is 5.70 Å². The molecule has 0 saturated heterocycles. The number of allylic oxidation sites excluding steroid dienone is 4. The Morgan fingerprint density at radius 3 is 2.67 bits per heavy atom. The zero-order chi connectivity index (χ0) is 7.11. The van der Waals surface area contributed by atoms with Crippen molar-refractivity contribution in [3.05, 3.63) is 23.9 Å². The summed E-state index contributed by atoms with van der Waals surface area (Å²) in [6.07, 6.45) is 7.27. The maximum atomic E-state index is 5.10. The summed E-state index contributed by atoms with van der Waals surface area (Å²) in [5, 5.41) is 0. The van der Waals surface area contributed by atoms with Crippen LogP contribution in [0.2, 0.25) is 0 Å². The molecule has 0 bridgehead atoms. The third kappa shape index (κ3) is 4.81. The first-order valence-electron chi connectivity index (χ1n) is 2.90. The van der Waals surface area contributed by atoms with Crippen molar-refractivity contribution in [3.8, 4) is 0 Å². The third-order valence-electron chi connectivity index (χ3n) is 0.850. The molecule has 3 N–H and O–H groups in total. The van der Waals surface area contributed by atoms with Crippen molar-refractivity contribution in [1.29, 1.82) is 0 Å². The Morgan fingerprint density at radius 2 is 2.22 bits per heavy atom. The fraction of sp³-hybridized carbons (Fsp3) is 0.286. The third-order valence-corrected chi connectivity index (χ3v) is 0.850. The average molecular weight is 125 g/mol. The van der Waals surface area contributed by atoms with Gasteiger partial charge in [0.25, 0.3) is 0 Å². The van der Waals surface area contributed by atoms with Crippen LogP contribution in [0.5, 0.6) is 0 Å². The summed E-state index contributed by atoms with van der Waals surface area (Å²) in [7, 11) is 0. The van der Waals surface area contributed by atoms with E-state index in [1.165, 1.54) is 6.34 Å². The molecule has 0 aromatic heterocycles. The van der Waals surface area contributed by atoms with Crippen LogP contribution in [0.1, 0.15) is 13.8 Å². The van der Waals surface area contributed by atoms with Crippen LogP contribution in [0.3, 0.4) is 0 Å². The summed E-state index contributed by atoms with van der Waals surface area (Å²) in [5.41, 5.74) is 6.14. The van der Waals surface area contributed by atoms with Crippen molar-refractivity contribution in [2.75, 3.05) is 0 Å². The fourth-order valence-electron chi connectivity index (χ4n) is 0.420. The maximum absolute atomic E-state index is 5.10. The lowest BCUT2D eigenvalue weighted by atomic mass is 10.4. The Balaban J connectivity index is 3.84. The van der Waals surface area contributed by atoms with Crippen LogP contribution in [-0.4, -0.2) is 6.34 Å². The van der Waals surface area contributed by atoms with E-state index in [2.05, 4.69) is 4.99 Å². The van der Waals surface area contributed by atoms with Crippen LogP contribution >= 0.6 is 0 Å². The standard InChI is InChI=1S/C7H12N2/c1-3-4-5-7(2)9-6-8/h3-6H,1-2H3,(H2,8,9)/p+1/b4-3+,7-5-. The van der Waals surface area contributed by atoms with Crippen molar-refractivity contribution in [2.45, 2.75) is 13.8 Å². The van der Waals surface area contributed by atoms with Crippen LogP contribution < -0.4 is 10.7 Å². The van der Waals surface area contributed by atoms with Gasteiger partial charge in [0, 0.05) is 0 Å². The molecular formula is C7H13N2+. The highest BCUT2D eigenvalue weighted by atomic mass is 14.8. The zero-order valence-electron chi connectivity index (χ0n) is 5.89. The minimum Gasteiger partial charge on any atom is -0.293 e. The monoisotopic (exact) mass is 125 g/mol. The molecule has 2 nitrogen and oxygen atoms in total. The summed E-state index contributed by atoms with van der Waals surface area (Å²) >= 11 is 0. The van der Waals surface area contributed by atoms with Crippen molar-refractivity contribution in [2.24, 2.45) is 5.73 Å². The number of nitrogens with one attached hydrogen (secondary N) is 1. The summed E-state index contributed by atoms with van der Waals surface area (Å²) in [4.78, 5) is 2.84. The molecule has 0 aliphatic carbocycles. The van der Waals surface area contributed by atoms with E-state index in [0.29, 0.717) is 0 Å². The van der Waals surface area contributed by atoms with Gasteiger partial charge in [0.2, 0.25) is 6.34 Å². The Labute approximate surface area is 55.8 Å². The summed E-state index contributed by atoms with van der Waals surface area (Å²) in [5.74, 6) is 0. The van der Waals surface area contributed by atoms with Crippen LogP contribution in [0.15, 0.2) is 23.9 Å². The largest absolute Gasteiger partial charge is 0.293 e. The first-order valence-corrected chi connectivity index (χ1v) is 2.90. The van der Waals surface area contributed by atoms with Gasteiger partial charge in [0.1, 0.15) is 0 Å². The molecule has 0 aromatic rings. The van der Waals surface area contributed by atoms with E-state index in [0.717, 1.165) is 5.70 Å². The van der Waals surface area contributed by atoms with Crippen LogP contribution in [0.4, 0.5) is 0 Å². The molecule has 0 fully saturated rings. The SMILES string of the molecule is C/C=C/C=C(/C)[NH+]=CN. The highest BCUT2D eigenvalue weighted by Gasteiger charge is 1.77. The molecule has 0 atom stereocenters. The first kappa shape index (κ1) is 7.95. The topological polar surface area (TPSA) is 40.0 Å². The van der Waals surface area contributed by atoms with Crippen molar-refractivity contribution < 1.29 is 4.99 Å². The molecule has 0 saturated carbocycles. The van der Waals surface area contributed by atoms with E-state index < -0.39 is 0 Å². The lowest BCUT2D eigenvalue weighted by molar-refractivity contribution is -0.391. The van der Waals surface area contributed by atoms with E-state index >= 15 is 0 Å². The van der Waals surface area contributed by atoms with Gasteiger partial charge < -0.3 is 0 Å². The van der Waals surface area contributed by atoms with E-state index in [4.69, 9.17) is 5.73 Å². The van der Waals surface area contributed by atoms with Gasteiger partial charge in [-0.25, -0.2) is 0 Å². The predicted molar refractivity (Wildman–Crippen MR) is 39.8 cm³/mol. The summed E-state index contributed by atoms with van der Waals surface area (Å²) < 4.78 is 0. The smallest absolute Gasteiger partial charge is 0.232 e. The fourth-order valence-corrected chi connectivity index (χ4v) is 0.420. The van der Waals surface area contributed by atoms with Gasteiger partial charge in [0.15, 0.2) is 0 Å². The average Bonchev–Trinajstić information content (AvgIpc) is 1.85. The van der Waals surface area contributed by atoms with Crippen LogP contribution in [0.25, 0.3) is 0 Å². The molecule has 0 unspecified atom stereocenters. The molecule has 9 heavy (non-hydrogen) atoms. The first-order chi connectivity index (χ1) is 4.31. The van der Waals surface area contributed by atoms with Crippen LogP contribution in [0, 0.1) is 0 Å². The highest BCUT2D eigenvalue weighted by Crippen LogP contribution is 1.77. The van der Waals surface area contributed by atoms with E-state index in [-0.39, 0.29) is 0 Å². The Morgan fingerprint density at radius 1 is 1.56 bits per heavy atom. The minimum absolute atomic E-state index is 1.04. The highest BCUT2D eigenvalue weighted by molar-refractivity contribution is 5.43. The van der Waals surface area contributed by atoms with E-state index in [9.17, 15) is 0 Å². The lowest BCUT2D eigenvalue weighted by Crippen LogP contribution is -2.67. The zero-order valence-corrected chi connectivity index (χ0v) is 5.89. The van der Waals surface area contributed by atoms with Gasteiger partial charge >= 0.3 is 0 Å². The summed E-state index contributed by atoms with van der Waals surface area (Å²) in [6.45, 7) is 3.92. The molecule has 0 amide bonds. The Bertz CT molecular complexity index is 143. The van der Waals surface area contributed by atoms with E-state index in [1.807, 2.05) is 32.1 Å². The van der Waals surface area contributed by atoms with Gasteiger partial charge in [-0.05, 0) is 19.9 Å². The number of rotatable bonds is 2. The quantitative estimate of drug-likeness (QED) is 0.292. The maximum Gasteiger partial charge on any atom is 0.232 e. The normalized spacial score (nSPS) is 13.8. The second-order valence-electron chi connectivity index (χ2n) is 1.69. The van der Waals surface area contributed by atoms with Crippen molar-refractivity contribution in [3.63, 3.8) is 0 Å². The van der Waals surface area contributed by atoms with Gasteiger partial charge in [-0.1, -0.05) is 12.2 Å². The molecule has 0 aliphatic heterocycles. The van der Waals surface area contributed by atoms with Crippen molar-refractivity contribution >= 4 is 6.34 Å². The molecule has 0 aromatic carbocycles. The van der Waals surface area contributed by atoms with Gasteiger partial charge in [-0.3, -0.25) is 10.7 Å². The lowest BCUT2D eigenvalue weighted by Gasteiger charge is -1.80. The van der Waals surface area contributed by atoms with Gasteiger partial charge in [-0.2, -0.15) is 0 Å². The van der Waals surface area contributed by atoms with Crippen LogP contribution in [-0.2, 0) is 0 Å². The minimum atomic E-state index is 1.04. The molecule has 0 aliphatic rings. The van der Waals surface area contributed by atoms with Gasteiger partial charge in [-0.15, -0.1) is 0 Å². The number of nitrogens with two attached hydrogens (primary N) is 1. The molecule has 0 spiro atoms. The van der Waals surface area contributed by atoms with Crippen molar-refractivity contribution in [1.82, 2.24) is 0 Å². The second kappa shape index (κ2) is 5.09. The molecule has 0 rings (SSSR count). The number of hydrogen-bond acceptors (Lipinski definition) is 0.